The van der Waals surface area contributed by atoms with Crippen molar-refractivity contribution in [3.63, 3.8) is 0 Å². The molecule has 0 radical (unpaired) electrons. The molecule has 0 aliphatic heterocycles. The first kappa shape index (κ1) is 19.9. The summed E-state index contributed by atoms with van der Waals surface area (Å²) in [6.07, 6.45) is 4.41. The van der Waals surface area contributed by atoms with Gasteiger partial charge in [0.05, 0.1) is 6.10 Å². The molecule has 4 rings (SSSR count). The summed E-state index contributed by atoms with van der Waals surface area (Å²) in [6.45, 7) is 4.47. The third kappa shape index (κ3) is 2.01. The number of alkyl halides is 1. The predicted molar refractivity (Wildman–Crippen MR) is 99.9 cm³/mol. The molecule has 5 nitrogen and oxygen atoms in total. The van der Waals surface area contributed by atoms with Gasteiger partial charge in [-0.3, -0.25) is 9.59 Å². The number of rotatable bonds is 2. The molecule has 2 fully saturated rings. The van der Waals surface area contributed by atoms with Gasteiger partial charge >= 0.3 is 0 Å². The second-order valence-corrected chi connectivity index (χ2v) is 9.75. The molecule has 8 atom stereocenters. The largest absolute Gasteiger partial charge is 0.390 e. The molecule has 3 N–H and O–H groups in total. The fourth-order valence-corrected chi connectivity index (χ4v) is 7.17. The monoisotopic (exact) mass is 392 g/mol. The Balaban J connectivity index is 1.85. The highest BCUT2D eigenvalue weighted by molar-refractivity contribution is 5.93. The summed E-state index contributed by atoms with van der Waals surface area (Å²) in [7, 11) is 0. The summed E-state index contributed by atoms with van der Waals surface area (Å²) in [4.78, 5) is 24.4. The lowest BCUT2D eigenvalue weighted by Gasteiger charge is -2.62. The third-order valence-corrected chi connectivity index (χ3v) is 8.75. The lowest BCUT2D eigenvalue weighted by atomic mass is 9.45. The van der Waals surface area contributed by atoms with E-state index >= 15 is 4.39 Å². The molecule has 4 aliphatic rings. The minimum atomic E-state index is -1.98. The van der Waals surface area contributed by atoms with Crippen molar-refractivity contribution in [2.75, 3.05) is 6.61 Å². The van der Waals surface area contributed by atoms with Gasteiger partial charge in [-0.25, -0.2) is 4.39 Å². The Morgan fingerprint density at radius 2 is 2.00 bits per heavy atom. The molecule has 154 valence electrons. The molecule has 6 heteroatoms. The van der Waals surface area contributed by atoms with Gasteiger partial charge in [0.15, 0.2) is 17.2 Å². The van der Waals surface area contributed by atoms with Crippen LogP contribution in [-0.4, -0.2) is 50.9 Å². The Bertz CT molecular complexity index is 805. The quantitative estimate of drug-likeness (QED) is 0.624. The Labute approximate surface area is 164 Å². The lowest BCUT2D eigenvalue weighted by Crippen LogP contribution is -2.69. The maximum absolute atomic E-state index is 16.9. The van der Waals surface area contributed by atoms with Crippen LogP contribution in [0.3, 0.4) is 0 Å². The third-order valence-electron chi connectivity index (χ3n) is 8.75. The van der Waals surface area contributed by atoms with Gasteiger partial charge < -0.3 is 15.3 Å². The van der Waals surface area contributed by atoms with Gasteiger partial charge in [0, 0.05) is 23.2 Å². The zero-order valence-corrected chi connectivity index (χ0v) is 16.6. The number of halogens is 1. The van der Waals surface area contributed by atoms with Gasteiger partial charge in [-0.05, 0) is 44.1 Å². The fraction of sp³-hybridized carbons (Fsp3) is 0.727. The van der Waals surface area contributed by atoms with E-state index in [2.05, 4.69) is 0 Å². The van der Waals surface area contributed by atoms with Crippen LogP contribution in [0.2, 0.25) is 0 Å². The highest BCUT2D eigenvalue weighted by Crippen LogP contribution is 2.70. The number of allylic oxidation sites excluding steroid dienone is 4. The average molecular weight is 392 g/mol. The van der Waals surface area contributed by atoms with Gasteiger partial charge in [0.2, 0.25) is 0 Å². The molecule has 0 bridgehead atoms. The smallest absolute Gasteiger partial charge is 0.190 e. The van der Waals surface area contributed by atoms with Crippen molar-refractivity contribution in [1.82, 2.24) is 0 Å². The zero-order chi connectivity index (χ0) is 20.7. The van der Waals surface area contributed by atoms with E-state index in [1.165, 1.54) is 6.08 Å². The number of fused-ring (bicyclic) bond motifs is 5. The summed E-state index contributed by atoms with van der Waals surface area (Å²) in [5.74, 6) is -2.09. The molecule has 0 saturated heterocycles. The van der Waals surface area contributed by atoms with Crippen molar-refractivity contribution in [2.24, 2.45) is 28.6 Å². The van der Waals surface area contributed by atoms with Crippen LogP contribution in [0, 0.1) is 28.6 Å². The van der Waals surface area contributed by atoms with Crippen LogP contribution in [-0.2, 0) is 9.59 Å². The normalized spacial score (nSPS) is 52.5. The van der Waals surface area contributed by atoms with Crippen LogP contribution >= 0.6 is 0 Å². The summed E-state index contributed by atoms with van der Waals surface area (Å²) >= 11 is 0. The maximum Gasteiger partial charge on any atom is 0.190 e. The zero-order valence-electron chi connectivity index (χ0n) is 16.6. The van der Waals surface area contributed by atoms with Crippen molar-refractivity contribution in [1.29, 1.82) is 0 Å². The Morgan fingerprint density at radius 1 is 1.32 bits per heavy atom. The second-order valence-electron chi connectivity index (χ2n) is 9.75. The van der Waals surface area contributed by atoms with Crippen LogP contribution in [0.25, 0.3) is 0 Å². The van der Waals surface area contributed by atoms with E-state index in [-0.39, 0.29) is 24.5 Å². The number of hydrogen-bond donors (Lipinski definition) is 3. The molecule has 0 amide bonds. The molecule has 0 aromatic carbocycles. The summed E-state index contributed by atoms with van der Waals surface area (Å²) < 4.78 is 16.9. The van der Waals surface area contributed by atoms with Crippen molar-refractivity contribution in [3.8, 4) is 0 Å². The highest BCUT2D eigenvalue weighted by atomic mass is 19.1. The maximum atomic E-state index is 16.9. The van der Waals surface area contributed by atoms with Crippen molar-refractivity contribution < 1.29 is 29.3 Å². The number of ketones is 2. The molecule has 0 heterocycles. The van der Waals surface area contributed by atoms with Gasteiger partial charge in [-0.1, -0.05) is 31.6 Å². The minimum Gasteiger partial charge on any atom is -0.390 e. The van der Waals surface area contributed by atoms with Gasteiger partial charge in [-0.2, -0.15) is 0 Å². The van der Waals surface area contributed by atoms with Gasteiger partial charge in [0.1, 0.15) is 12.2 Å². The van der Waals surface area contributed by atoms with E-state index in [0.29, 0.717) is 18.4 Å². The predicted octanol–water partition coefficient (Wildman–Crippen LogP) is 1.90. The highest BCUT2D eigenvalue weighted by Gasteiger charge is 2.75. The van der Waals surface area contributed by atoms with Crippen LogP contribution in [0.5, 0.6) is 0 Å². The Kier molecular flexibility index (Phi) is 4.15. The average Bonchev–Trinajstić information content (AvgIpc) is 2.84. The van der Waals surface area contributed by atoms with Gasteiger partial charge in [-0.15, -0.1) is 0 Å². The van der Waals surface area contributed by atoms with Crippen LogP contribution in [0.4, 0.5) is 4.39 Å². The molecule has 1 unspecified atom stereocenters. The van der Waals surface area contributed by atoms with E-state index in [1.54, 1.807) is 26.8 Å². The first-order valence-corrected chi connectivity index (χ1v) is 10.1. The van der Waals surface area contributed by atoms with Crippen molar-refractivity contribution >= 4 is 11.6 Å². The fourth-order valence-electron chi connectivity index (χ4n) is 7.17. The molecule has 28 heavy (non-hydrogen) atoms. The first-order valence-electron chi connectivity index (χ1n) is 10.1. The number of aliphatic hydroxyl groups excluding tert-OH is 2. The van der Waals surface area contributed by atoms with Gasteiger partial charge in [0.25, 0.3) is 0 Å². The van der Waals surface area contributed by atoms with E-state index < -0.39 is 52.4 Å². The van der Waals surface area contributed by atoms with Crippen LogP contribution in [0.1, 0.15) is 46.5 Å². The molecule has 2 saturated carbocycles. The van der Waals surface area contributed by atoms with Crippen LogP contribution in [0.15, 0.2) is 23.8 Å². The SMILES string of the molecule is C[C@@H]1C[C@H]2C3CC=C4CC(=O)C=C[C@]4(C)[C@@]3(F)[C@@H](O)C[C@]2(C)[C@@]1(O)C(=O)CO. The Hall–Kier alpha value is -1.37. The molecule has 0 spiro atoms. The molecular weight excluding hydrogens is 363 g/mol. The van der Waals surface area contributed by atoms with Crippen LogP contribution < -0.4 is 0 Å². The van der Waals surface area contributed by atoms with Crippen molar-refractivity contribution in [2.45, 2.75) is 63.8 Å². The summed E-state index contributed by atoms with van der Waals surface area (Å²) in [5.41, 5.74) is -5.18. The van der Waals surface area contributed by atoms with E-state index in [0.717, 1.165) is 0 Å². The summed E-state index contributed by atoms with van der Waals surface area (Å²) in [5, 5.41) is 32.0. The second kappa shape index (κ2) is 5.83. The lowest BCUT2D eigenvalue weighted by molar-refractivity contribution is -0.215. The number of carbonyl (C=O) groups excluding carboxylic acids is 2. The molecule has 4 aliphatic carbocycles. The number of aliphatic hydroxyl groups is 3. The first-order chi connectivity index (χ1) is 13.0. The molecular formula is C22H29FO5. The van der Waals surface area contributed by atoms with E-state index in [1.807, 2.05) is 6.08 Å². The molecule has 0 aromatic rings. The number of hydrogen-bond acceptors (Lipinski definition) is 5. The topological polar surface area (TPSA) is 94.8 Å². The number of carbonyl (C=O) groups is 2. The number of Topliss-reactive ketones (excluding diaryl/α,β-unsaturated/α-hetero) is 1. The van der Waals surface area contributed by atoms with E-state index in [9.17, 15) is 24.9 Å². The minimum absolute atomic E-state index is 0.0676. The van der Waals surface area contributed by atoms with E-state index in [4.69, 9.17) is 0 Å². The summed E-state index contributed by atoms with van der Waals surface area (Å²) in [6, 6.07) is 0. The molecule has 0 aromatic heterocycles. The Morgan fingerprint density at radius 3 is 2.64 bits per heavy atom. The standard InChI is InChI=1S/C22H29FO5/c1-12-8-16-15-5-4-13-9-14(25)6-7-19(13,2)21(15,23)17(26)10-20(16,3)22(12,28)18(27)11-24/h4,6-7,12,15-17,24,26,28H,5,8-11H2,1-3H3/t12-,15?,16+,17+,19+,20+,21+,22+/m1/s1. The van der Waals surface area contributed by atoms with Crippen molar-refractivity contribution in [3.05, 3.63) is 23.8 Å².